The molecule has 0 radical (unpaired) electrons. The molecule has 2 aliphatic carbocycles. The maximum absolute atomic E-state index is 6.25. The van der Waals surface area contributed by atoms with E-state index in [-0.39, 0.29) is 24.1 Å². The fourth-order valence-corrected chi connectivity index (χ4v) is 4.31. The summed E-state index contributed by atoms with van der Waals surface area (Å²) >= 11 is 0. The molecule has 2 saturated carbocycles. The van der Waals surface area contributed by atoms with E-state index in [1.165, 1.54) is 19.3 Å². The van der Waals surface area contributed by atoms with Gasteiger partial charge in [-0.1, -0.05) is 0 Å². The van der Waals surface area contributed by atoms with Crippen molar-refractivity contribution in [3.63, 3.8) is 0 Å². The molecule has 21 heavy (non-hydrogen) atoms. The maximum atomic E-state index is 6.25. The highest BCUT2D eigenvalue weighted by atomic mass is 16.7. The molecule has 4 aliphatic rings. The molecule has 2 heterocycles. The molecule has 1 atom stereocenters. The lowest BCUT2D eigenvalue weighted by atomic mass is 9.71. The van der Waals surface area contributed by atoms with Crippen LogP contribution >= 0.6 is 0 Å². The summed E-state index contributed by atoms with van der Waals surface area (Å²) in [6, 6.07) is 0. The second kappa shape index (κ2) is 4.25. The van der Waals surface area contributed by atoms with E-state index in [0.717, 1.165) is 26.1 Å². The maximum Gasteiger partial charge on any atom is 0.461 e. The molecule has 0 N–H and O–H groups in total. The van der Waals surface area contributed by atoms with Crippen molar-refractivity contribution in [1.29, 1.82) is 0 Å². The average molecular weight is 294 g/mol. The fourth-order valence-electron chi connectivity index (χ4n) is 4.31. The number of hydrogen-bond acceptors (Lipinski definition) is 4. The molecule has 5 heteroatoms. The second-order valence-corrected chi connectivity index (χ2v) is 8.41. The Morgan fingerprint density at radius 1 is 0.810 bits per heavy atom. The van der Waals surface area contributed by atoms with Gasteiger partial charge in [-0.15, -0.1) is 0 Å². The first-order chi connectivity index (χ1) is 9.78. The molecule has 0 aromatic carbocycles. The van der Waals surface area contributed by atoms with Crippen LogP contribution < -0.4 is 0 Å². The van der Waals surface area contributed by atoms with E-state index in [9.17, 15) is 0 Å². The quantitative estimate of drug-likeness (QED) is 0.696. The van der Waals surface area contributed by atoms with Crippen LogP contribution in [0.5, 0.6) is 0 Å². The Morgan fingerprint density at radius 2 is 1.33 bits per heavy atom. The summed E-state index contributed by atoms with van der Waals surface area (Å²) in [5.74, 6) is 0.297. The van der Waals surface area contributed by atoms with Crippen molar-refractivity contribution in [2.45, 2.75) is 82.6 Å². The first kappa shape index (κ1) is 14.5. The Kier molecular flexibility index (Phi) is 2.93. The van der Waals surface area contributed by atoms with Crippen LogP contribution in [0.25, 0.3) is 0 Å². The Labute approximate surface area is 128 Å². The highest BCUT2D eigenvalue weighted by Crippen LogP contribution is 2.69. The molecule has 0 aromatic heterocycles. The molecule has 0 bridgehead atoms. The zero-order valence-electron chi connectivity index (χ0n) is 13.7. The normalized spacial score (nSPS) is 38.3. The van der Waals surface area contributed by atoms with Crippen molar-refractivity contribution in [2.75, 3.05) is 13.2 Å². The summed E-state index contributed by atoms with van der Waals surface area (Å²) in [6.45, 7) is 10.1. The smallest absolute Gasteiger partial charge is 0.403 e. The van der Waals surface area contributed by atoms with E-state index in [0.29, 0.717) is 11.2 Å². The van der Waals surface area contributed by atoms with E-state index in [1.807, 2.05) is 0 Å². The first-order valence-corrected chi connectivity index (χ1v) is 8.41. The average Bonchev–Trinajstić information content (AvgIpc) is 2.82. The van der Waals surface area contributed by atoms with Gasteiger partial charge in [-0.3, -0.25) is 0 Å². The van der Waals surface area contributed by atoms with Gasteiger partial charge in [-0.05, 0) is 52.4 Å². The Hall–Kier alpha value is -0.0951. The van der Waals surface area contributed by atoms with Crippen LogP contribution in [-0.2, 0) is 18.8 Å². The highest BCUT2D eigenvalue weighted by Gasteiger charge is 2.67. The third-order valence-corrected chi connectivity index (χ3v) is 6.67. The van der Waals surface area contributed by atoms with Gasteiger partial charge in [0.25, 0.3) is 0 Å². The van der Waals surface area contributed by atoms with Crippen molar-refractivity contribution in [3.8, 4) is 0 Å². The van der Waals surface area contributed by atoms with Gasteiger partial charge in [-0.25, -0.2) is 0 Å². The van der Waals surface area contributed by atoms with Crippen molar-refractivity contribution >= 4 is 7.12 Å². The molecule has 0 amide bonds. The lowest BCUT2D eigenvalue weighted by molar-refractivity contribution is -0.184. The minimum atomic E-state index is -0.256. The van der Waals surface area contributed by atoms with Gasteiger partial charge in [0.2, 0.25) is 0 Å². The van der Waals surface area contributed by atoms with E-state index < -0.39 is 0 Å². The van der Waals surface area contributed by atoms with Gasteiger partial charge in [0, 0.05) is 18.7 Å². The zero-order chi connectivity index (χ0) is 14.9. The molecule has 4 fully saturated rings. The highest BCUT2D eigenvalue weighted by molar-refractivity contribution is 6.49. The second-order valence-electron chi connectivity index (χ2n) is 8.41. The van der Waals surface area contributed by atoms with Crippen molar-refractivity contribution in [2.24, 2.45) is 5.41 Å². The van der Waals surface area contributed by atoms with Gasteiger partial charge < -0.3 is 18.8 Å². The summed E-state index contributed by atoms with van der Waals surface area (Å²) in [5, 5.41) is 0. The Morgan fingerprint density at radius 3 is 1.86 bits per heavy atom. The van der Waals surface area contributed by atoms with Gasteiger partial charge in [0.05, 0.1) is 24.4 Å². The number of ether oxygens (including phenoxy) is 2. The van der Waals surface area contributed by atoms with Crippen LogP contribution in [0, 0.1) is 5.41 Å². The topological polar surface area (TPSA) is 36.9 Å². The van der Waals surface area contributed by atoms with E-state index in [2.05, 4.69) is 27.7 Å². The molecule has 2 spiro atoms. The van der Waals surface area contributed by atoms with Crippen LogP contribution in [0.1, 0.15) is 59.8 Å². The zero-order valence-corrected chi connectivity index (χ0v) is 13.7. The molecule has 2 saturated heterocycles. The molecule has 4 nitrogen and oxygen atoms in total. The number of hydrogen-bond donors (Lipinski definition) is 0. The standard InChI is InChI=1S/C16H27BO4/c1-13(2)14(3,4)21-17(20-13)12-11-15(12)5-7-16(8-6-15)18-9-10-19-16/h12H,5-11H2,1-4H3. The lowest BCUT2D eigenvalue weighted by Gasteiger charge is -2.36. The predicted octanol–water partition coefficient (Wildman–Crippen LogP) is 3.16. The third-order valence-electron chi connectivity index (χ3n) is 6.67. The van der Waals surface area contributed by atoms with Crippen LogP contribution in [0.4, 0.5) is 0 Å². The van der Waals surface area contributed by atoms with Gasteiger partial charge in [0.15, 0.2) is 5.79 Å². The summed E-state index contributed by atoms with van der Waals surface area (Å²) in [4.78, 5) is 0. The van der Waals surface area contributed by atoms with Crippen LogP contribution in [0.3, 0.4) is 0 Å². The predicted molar refractivity (Wildman–Crippen MR) is 80.0 cm³/mol. The van der Waals surface area contributed by atoms with Gasteiger partial charge in [0.1, 0.15) is 0 Å². The van der Waals surface area contributed by atoms with E-state index >= 15 is 0 Å². The van der Waals surface area contributed by atoms with E-state index in [4.69, 9.17) is 18.8 Å². The first-order valence-electron chi connectivity index (χ1n) is 8.41. The van der Waals surface area contributed by atoms with Crippen molar-refractivity contribution < 1.29 is 18.8 Å². The molecular weight excluding hydrogens is 267 g/mol. The minimum absolute atomic E-state index is 0.0329. The van der Waals surface area contributed by atoms with Crippen LogP contribution in [-0.4, -0.2) is 37.3 Å². The number of rotatable bonds is 1. The Balaban J connectivity index is 1.41. The van der Waals surface area contributed by atoms with Gasteiger partial charge in [-0.2, -0.15) is 0 Å². The monoisotopic (exact) mass is 294 g/mol. The SMILES string of the molecule is CC1(C)OB(C2CC23CCC2(CC3)OCCO2)OC1(C)C. The largest absolute Gasteiger partial charge is 0.461 e. The van der Waals surface area contributed by atoms with Crippen molar-refractivity contribution in [1.82, 2.24) is 0 Å². The molecular formula is C16H27BO4. The molecule has 118 valence electrons. The lowest BCUT2D eigenvalue weighted by Crippen LogP contribution is -2.41. The molecule has 4 rings (SSSR count). The van der Waals surface area contributed by atoms with Crippen LogP contribution in [0.2, 0.25) is 5.82 Å². The Bertz CT molecular complexity index is 416. The third kappa shape index (κ3) is 2.12. The molecule has 0 aromatic rings. The fraction of sp³-hybridized carbons (Fsp3) is 1.00. The summed E-state index contributed by atoms with van der Waals surface area (Å²) in [6.07, 6.45) is 5.66. The van der Waals surface area contributed by atoms with Gasteiger partial charge >= 0.3 is 7.12 Å². The minimum Gasteiger partial charge on any atom is -0.403 e. The summed E-state index contributed by atoms with van der Waals surface area (Å²) in [7, 11) is -0.0329. The van der Waals surface area contributed by atoms with Crippen molar-refractivity contribution in [3.05, 3.63) is 0 Å². The summed E-state index contributed by atoms with van der Waals surface area (Å²) < 4.78 is 24.2. The van der Waals surface area contributed by atoms with Crippen LogP contribution in [0.15, 0.2) is 0 Å². The molecule has 1 unspecified atom stereocenters. The molecule has 2 aliphatic heterocycles. The summed E-state index contributed by atoms with van der Waals surface area (Å²) in [5.41, 5.74) is -0.00819. The van der Waals surface area contributed by atoms with E-state index in [1.54, 1.807) is 0 Å².